The Balaban J connectivity index is 1.85. The summed E-state index contributed by atoms with van der Waals surface area (Å²) in [5.41, 5.74) is -0.980. The second-order valence-corrected chi connectivity index (χ2v) is 9.27. The smallest absolute Gasteiger partial charge is 0.312 e. The van der Waals surface area contributed by atoms with Crippen molar-refractivity contribution in [2.45, 2.75) is 63.5 Å². The first-order valence-corrected chi connectivity index (χ1v) is 10.2. The Morgan fingerprint density at radius 1 is 1.21 bits per heavy atom. The number of aliphatic carboxylic acids is 1. The van der Waals surface area contributed by atoms with Gasteiger partial charge in [-0.15, -0.1) is 0 Å². The Bertz CT molecular complexity index is 624. The lowest BCUT2D eigenvalue weighted by Gasteiger charge is -2.36. The molecule has 3 aliphatic rings. The zero-order valence-corrected chi connectivity index (χ0v) is 14.8. The summed E-state index contributed by atoms with van der Waals surface area (Å²) in [7, 11) is -2.41. The highest BCUT2D eigenvalue weighted by Crippen LogP contribution is 2.46. The summed E-state index contributed by atoms with van der Waals surface area (Å²) >= 11 is 0. The summed E-state index contributed by atoms with van der Waals surface area (Å²) in [6.07, 6.45) is 5.34. The van der Waals surface area contributed by atoms with Gasteiger partial charge in [0.2, 0.25) is 10.0 Å². The predicted molar refractivity (Wildman–Crippen MR) is 85.7 cm³/mol. The van der Waals surface area contributed by atoms with E-state index in [1.807, 2.05) is 0 Å². The van der Waals surface area contributed by atoms with E-state index in [2.05, 4.69) is 0 Å². The molecular formula is C16H25NO6S. The Kier molecular flexibility index (Phi) is 4.63. The van der Waals surface area contributed by atoms with Gasteiger partial charge in [0.15, 0.2) is 0 Å². The monoisotopic (exact) mass is 359 g/mol. The van der Waals surface area contributed by atoms with Gasteiger partial charge in [0.05, 0.1) is 24.2 Å². The van der Waals surface area contributed by atoms with E-state index in [-0.39, 0.29) is 11.8 Å². The van der Waals surface area contributed by atoms with E-state index in [4.69, 9.17) is 4.74 Å². The lowest BCUT2D eigenvalue weighted by molar-refractivity contribution is -0.153. The minimum atomic E-state index is -3.71. The fourth-order valence-electron chi connectivity index (χ4n) is 4.91. The minimum absolute atomic E-state index is 0.237. The van der Waals surface area contributed by atoms with E-state index in [1.54, 1.807) is 0 Å². The first-order valence-electron chi connectivity index (χ1n) is 8.63. The lowest BCUT2D eigenvalue weighted by atomic mass is 9.75. The second kappa shape index (κ2) is 6.29. The van der Waals surface area contributed by atoms with Crippen LogP contribution in [0.25, 0.3) is 0 Å². The number of ether oxygens (including phenoxy) is 1. The standard InChI is InChI=1S/C16H25NO6S/c1-23-15(20)16(7-3-2-4-8-16)10-24(21,22)17-11-5-6-13(17)12(9-11)14(18)19/h11-13H,2-10H2,1H3,(H,18,19). The number of carboxylic acids is 1. The Morgan fingerprint density at radius 3 is 2.42 bits per heavy atom. The van der Waals surface area contributed by atoms with Gasteiger partial charge in [-0.3, -0.25) is 9.59 Å². The molecule has 136 valence electrons. The van der Waals surface area contributed by atoms with Crippen LogP contribution < -0.4 is 0 Å². The van der Waals surface area contributed by atoms with Crippen LogP contribution in [0.3, 0.4) is 0 Å². The normalized spacial score (nSPS) is 32.6. The van der Waals surface area contributed by atoms with Crippen molar-refractivity contribution in [3.05, 3.63) is 0 Å². The Morgan fingerprint density at radius 2 is 1.88 bits per heavy atom. The molecule has 1 saturated carbocycles. The third-order valence-corrected chi connectivity index (χ3v) is 8.13. The van der Waals surface area contributed by atoms with Crippen molar-refractivity contribution in [1.82, 2.24) is 4.31 Å². The maximum atomic E-state index is 13.1. The van der Waals surface area contributed by atoms with Crippen LogP contribution in [0, 0.1) is 11.3 Å². The van der Waals surface area contributed by atoms with Crippen molar-refractivity contribution in [2.24, 2.45) is 11.3 Å². The van der Waals surface area contributed by atoms with Crippen LogP contribution >= 0.6 is 0 Å². The molecule has 0 aromatic heterocycles. The van der Waals surface area contributed by atoms with Gasteiger partial charge in [-0.25, -0.2) is 8.42 Å². The highest BCUT2D eigenvalue weighted by Gasteiger charge is 2.56. The number of esters is 1. The third kappa shape index (κ3) is 2.83. The number of carbonyl (C=O) groups is 2. The predicted octanol–water partition coefficient (Wildman–Crippen LogP) is 1.38. The van der Waals surface area contributed by atoms with Crippen molar-refractivity contribution >= 4 is 22.0 Å². The summed E-state index contributed by atoms with van der Waals surface area (Å²) in [6.45, 7) is 0. The molecule has 0 radical (unpaired) electrons. The van der Waals surface area contributed by atoms with Gasteiger partial charge >= 0.3 is 11.9 Å². The fraction of sp³-hybridized carbons (Fsp3) is 0.875. The maximum Gasteiger partial charge on any atom is 0.312 e. The van der Waals surface area contributed by atoms with Gasteiger partial charge in [-0.1, -0.05) is 19.3 Å². The zero-order valence-electron chi connectivity index (χ0n) is 13.9. The first kappa shape index (κ1) is 17.7. The molecule has 2 bridgehead atoms. The van der Waals surface area contributed by atoms with Gasteiger partial charge in [0, 0.05) is 12.1 Å². The molecule has 0 aromatic rings. The third-order valence-electron chi connectivity index (χ3n) is 6.00. The summed E-state index contributed by atoms with van der Waals surface area (Å²) in [6, 6.07) is -0.699. The number of hydrogen-bond acceptors (Lipinski definition) is 5. The summed E-state index contributed by atoms with van der Waals surface area (Å²) < 4.78 is 32.5. The molecule has 24 heavy (non-hydrogen) atoms. The van der Waals surface area contributed by atoms with E-state index in [0.29, 0.717) is 32.1 Å². The molecular weight excluding hydrogens is 334 g/mol. The molecule has 3 unspecified atom stereocenters. The molecule has 8 heteroatoms. The van der Waals surface area contributed by atoms with Crippen molar-refractivity contribution in [1.29, 1.82) is 0 Å². The van der Waals surface area contributed by atoms with Gasteiger partial charge < -0.3 is 9.84 Å². The van der Waals surface area contributed by atoms with Crippen LogP contribution in [0.4, 0.5) is 0 Å². The van der Waals surface area contributed by atoms with Gasteiger partial charge in [0.1, 0.15) is 0 Å². The van der Waals surface area contributed by atoms with E-state index in [0.717, 1.165) is 19.3 Å². The molecule has 7 nitrogen and oxygen atoms in total. The number of carboxylic acid groups (broad SMARTS) is 1. The number of sulfonamides is 1. The average Bonchev–Trinajstić information content (AvgIpc) is 3.13. The van der Waals surface area contributed by atoms with Crippen LogP contribution in [0.15, 0.2) is 0 Å². The summed E-state index contributed by atoms with van der Waals surface area (Å²) in [5, 5.41) is 9.32. The zero-order chi connectivity index (χ0) is 17.5. The SMILES string of the molecule is COC(=O)C1(CS(=O)(=O)N2C3CCC2C(C(=O)O)C3)CCCCC1. The van der Waals surface area contributed by atoms with Crippen LogP contribution in [0.2, 0.25) is 0 Å². The van der Waals surface area contributed by atoms with Crippen LogP contribution in [-0.2, 0) is 24.3 Å². The van der Waals surface area contributed by atoms with Gasteiger partial charge in [-0.2, -0.15) is 4.31 Å². The number of nitrogens with zero attached hydrogens (tertiary/aromatic N) is 1. The summed E-state index contributed by atoms with van der Waals surface area (Å²) in [5.74, 6) is -2.26. The van der Waals surface area contributed by atoms with Crippen LogP contribution in [0.5, 0.6) is 0 Å². The number of hydrogen-bond donors (Lipinski definition) is 1. The molecule has 1 N–H and O–H groups in total. The lowest BCUT2D eigenvalue weighted by Crippen LogP contribution is -2.47. The number of fused-ring (bicyclic) bond motifs is 2. The molecule has 3 atom stereocenters. The molecule has 2 aliphatic heterocycles. The summed E-state index contributed by atoms with van der Waals surface area (Å²) in [4.78, 5) is 23.7. The second-order valence-electron chi connectivity index (χ2n) is 7.40. The first-order chi connectivity index (χ1) is 11.3. The number of carbonyl (C=O) groups excluding carboxylic acids is 1. The minimum Gasteiger partial charge on any atom is -0.481 e. The molecule has 0 amide bonds. The van der Waals surface area contributed by atoms with Crippen LogP contribution in [-0.4, -0.2) is 54.7 Å². The largest absolute Gasteiger partial charge is 0.481 e. The molecule has 3 fully saturated rings. The topological polar surface area (TPSA) is 101 Å². The van der Waals surface area contributed by atoms with E-state index < -0.39 is 39.3 Å². The van der Waals surface area contributed by atoms with Crippen LogP contribution in [0.1, 0.15) is 51.4 Å². The van der Waals surface area contributed by atoms with Gasteiger partial charge in [0.25, 0.3) is 0 Å². The van der Waals surface area contributed by atoms with E-state index >= 15 is 0 Å². The van der Waals surface area contributed by atoms with Crippen molar-refractivity contribution < 1.29 is 27.9 Å². The van der Waals surface area contributed by atoms with Crippen molar-refractivity contribution in [3.63, 3.8) is 0 Å². The van der Waals surface area contributed by atoms with Gasteiger partial charge in [-0.05, 0) is 32.1 Å². The molecule has 1 aliphatic carbocycles. The highest BCUT2D eigenvalue weighted by atomic mass is 32.2. The quantitative estimate of drug-likeness (QED) is 0.744. The molecule has 2 heterocycles. The molecule has 0 spiro atoms. The van der Waals surface area contributed by atoms with E-state index in [1.165, 1.54) is 11.4 Å². The average molecular weight is 359 g/mol. The fourth-order valence-corrected chi connectivity index (χ4v) is 7.48. The molecule has 0 aromatic carbocycles. The Labute approximate surface area is 142 Å². The van der Waals surface area contributed by atoms with Crippen molar-refractivity contribution in [2.75, 3.05) is 12.9 Å². The maximum absolute atomic E-state index is 13.1. The number of methoxy groups -OCH3 is 1. The molecule has 2 saturated heterocycles. The van der Waals surface area contributed by atoms with E-state index in [9.17, 15) is 23.1 Å². The highest BCUT2D eigenvalue weighted by molar-refractivity contribution is 7.89. The van der Waals surface area contributed by atoms with Crippen molar-refractivity contribution in [3.8, 4) is 0 Å². The Hall–Kier alpha value is -1.15. The molecule has 3 rings (SSSR count). The number of rotatable bonds is 5.